The van der Waals surface area contributed by atoms with Gasteiger partial charge in [-0.15, -0.1) is 0 Å². The van der Waals surface area contributed by atoms with Gasteiger partial charge in [0.1, 0.15) is 5.82 Å². The molecule has 3 nitrogen and oxygen atoms in total. The molecule has 0 aliphatic carbocycles. The van der Waals surface area contributed by atoms with Crippen LogP contribution in [-0.4, -0.2) is 17.1 Å². The first-order chi connectivity index (χ1) is 8.20. The second-order valence-electron chi connectivity index (χ2n) is 3.84. The van der Waals surface area contributed by atoms with E-state index in [1.54, 1.807) is 0 Å². The number of carbonyl (C=O) groups is 1. The number of carboxylic acids is 1. The van der Waals surface area contributed by atoms with Crippen LogP contribution in [0.15, 0.2) is 18.2 Å². The van der Waals surface area contributed by atoms with Gasteiger partial charge in [-0.25, -0.2) is 4.39 Å². The lowest BCUT2D eigenvalue weighted by Gasteiger charge is -2.15. The summed E-state index contributed by atoms with van der Waals surface area (Å²) < 4.78 is 50.5. The van der Waals surface area contributed by atoms with Gasteiger partial charge in [-0.2, -0.15) is 13.2 Å². The number of alkyl halides is 3. The molecule has 0 saturated heterocycles. The Bertz CT molecular complexity index is 445. The molecule has 7 heteroatoms. The molecule has 0 spiro atoms. The number of aliphatic carboxylic acids is 1. The summed E-state index contributed by atoms with van der Waals surface area (Å²) in [5.41, 5.74) is -1.35. The van der Waals surface area contributed by atoms with Crippen LogP contribution in [0.2, 0.25) is 0 Å². The van der Waals surface area contributed by atoms with E-state index in [1.165, 1.54) is 6.92 Å². The van der Waals surface area contributed by atoms with E-state index in [4.69, 9.17) is 5.11 Å². The van der Waals surface area contributed by atoms with Gasteiger partial charge in [0, 0.05) is 6.04 Å². The normalized spacial score (nSPS) is 13.2. The maximum Gasteiger partial charge on any atom is 0.416 e. The summed E-state index contributed by atoms with van der Waals surface area (Å²) in [5, 5.41) is 10.9. The van der Waals surface area contributed by atoms with Crippen molar-refractivity contribution >= 4 is 11.7 Å². The lowest BCUT2D eigenvalue weighted by atomic mass is 10.1. The van der Waals surface area contributed by atoms with Crippen LogP contribution < -0.4 is 5.32 Å². The fraction of sp³-hybridized carbons (Fsp3) is 0.364. The highest BCUT2D eigenvalue weighted by Crippen LogP contribution is 2.32. The molecule has 1 rings (SSSR count). The molecule has 1 atom stereocenters. The predicted octanol–water partition coefficient (Wildman–Crippen LogP) is 3.12. The van der Waals surface area contributed by atoms with E-state index >= 15 is 0 Å². The lowest BCUT2D eigenvalue weighted by molar-refractivity contribution is -0.138. The molecule has 18 heavy (non-hydrogen) atoms. The van der Waals surface area contributed by atoms with Crippen molar-refractivity contribution in [3.8, 4) is 0 Å². The third kappa shape index (κ3) is 3.90. The number of anilines is 1. The van der Waals surface area contributed by atoms with Crippen LogP contribution in [0.1, 0.15) is 18.9 Å². The Kier molecular flexibility index (Phi) is 4.15. The van der Waals surface area contributed by atoms with Crippen molar-refractivity contribution in [3.63, 3.8) is 0 Å². The number of halogens is 4. The molecule has 0 radical (unpaired) electrons. The van der Waals surface area contributed by atoms with Crippen LogP contribution in [0.5, 0.6) is 0 Å². The molecular weight excluding hydrogens is 254 g/mol. The van der Waals surface area contributed by atoms with Crippen LogP contribution in [0.4, 0.5) is 23.2 Å². The Labute approximate surface area is 100 Å². The number of carboxylic acid groups (broad SMARTS) is 1. The van der Waals surface area contributed by atoms with Gasteiger partial charge in [0.05, 0.1) is 17.7 Å². The maximum absolute atomic E-state index is 13.3. The highest BCUT2D eigenvalue weighted by atomic mass is 19.4. The highest BCUT2D eigenvalue weighted by Gasteiger charge is 2.31. The molecule has 0 aliphatic heterocycles. The number of rotatable bonds is 4. The Hall–Kier alpha value is -1.79. The molecule has 0 saturated carbocycles. The number of benzene rings is 1. The zero-order valence-corrected chi connectivity index (χ0v) is 9.38. The molecule has 1 aromatic rings. The summed E-state index contributed by atoms with van der Waals surface area (Å²) in [6.07, 6.45) is -4.89. The lowest BCUT2D eigenvalue weighted by Crippen LogP contribution is -2.20. The molecular formula is C11H11F4NO2. The molecule has 0 fully saturated rings. The average molecular weight is 265 g/mol. The van der Waals surface area contributed by atoms with E-state index in [-0.39, 0.29) is 12.1 Å². The fourth-order valence-corrected chi connectivity index (χ4v) is 1.39. The van der Waals surface area contributed by atoms with Gasteiger partial charge in [0.25, 0.3) is 0 Å². The summed E-state index contributed by atoms with van der Waals surface area (Å²) in [5.74, 6) is -1.98. The van der Waals surface area contributed by atoms with Gasteiger partial charge < -0.3 is 10.4 Å². The van der Waals surface area contributed by atoms with Gasteiger partial charge in [-0.3, -0.25) is 4.79 Å². The highest BCUT2D eigenvalue weighted by molar-refractivity contribution is 5.68. The van der Waals surface area contributed by atoms with Crippen LogP contribution in [0.3, 0.4) is 0 Å². The molecule has 1 unspecified atom stereocenters. The van der Waals surface area contributed by atoms with Crippen LogP contribution in [-0.2, 0) is 11.0 Å². The predicted molar refractivity (Wildman–Crippen MR) is 56.7 cm³/mol. The van der Waals surface area contributed by atoms with Crippen molar-refractivity contribution < 1.29 is 27.5 Å². The Balaban J connectivity index is 2.91. The summed E-state index contributed by atoms with van der Waals surface area (Å²) in [6, 6.07) is 1.26. The van der Waals surface area contributed by atoms with Crippen molar-refractivity contribution in [3.05, 3.63) is 29.6 Å². The maximum atomic E-state index is 13.3. The Morgan fingerprint density at radius 2 is 2.06 bits per heavy atom. The quantitative estimate of drug-likeness (QED) is 0.822. The molecule has 0 amide bonds. The molecule has 0 aromatic heterocycles. The van der Waals surface area contributed by atoms with E-state index < -0.39 is 29.6 Å². The van der Waals surface area contributed by atoms with Crippen LogP contribution in [0, 0.1) is 5.82 Å². The zero-order valence-electron chi connectivity index (χ0n) is 9.38. The average Bonchev–Trinajstić information content (AvgIpc) is 2.18. The fourth-order valence-electron chi connectivity index (χ4n) is 1.39. The minimum Gasteiger partial charge on any atom is -0.481 e. The van der Waals surface area contributed by atoms with Crippen LogP contribution >= 0.6 is 0 Å². The second-order valence-corrected chi connectivity index (χ2v) is 3.84. The number of nitrogens with one attached hydrogen (secondary N) is 1. The first-order valence-corrected chi connectivity index (χ1v) is 5.05. The zero-order chi connectivity index (χ0) is 13.9. The van der Waals surface area contributed by atoms with E-state index in [0.29, 0.717) is 18.2 Å². The van der Waals surface area contributed by atoms with E-state index in [0.717, 1.165) is 0 Å². The minimum atomic E-state index is -4.57. The number of hydrogen-bond acceptors (Lipinski definition) is 2. The molecule has 1 aromatic carbocycles. The molecule has 2 N–H and O–H groups in total. The van der Waals surface area contributed by atoms with Crippen molar-refractivity contribution in [1.29, 1.82) is 0 Å². The van der Waals surface area contributed by atoms with Crippen molar-refractivity contribution in [2.24, 2.45) is 0 Å². The summed E-state index contributed by atoms with van der Waals surface area (Å²) >= 11 is 0. The molecule has 0 aliphatic rings. The Morgan fingerprint density at radius 1 is 1.44 bits per heavy atom. The molecule has 0 bridgehead atoms. The first-order valence-electron chi connectivity index (χ1n) is 5.05. The van der Waals surface area contributed by atoms with Gasteiger partial charge in [0.2, 0.25) is 0 Å². The third-order valence-electron chi connectivity index (χ3n) is 2.18. The second kappa shape index (κ2) is 5.24. The smallest absolute Gasteiger partial charge is 0.416 e. The van der Waals surface area contributed by atoms with Gasteiger partial charge in [0.15, 0.2) is 0 Å². The van der Waals surface area contributed by atoms with Gasteiger partial charge in [-0.05, 0) is 25.1 Å². The van der Waals surface area contributed by atoms with Crippen molar-refractivity contribution in [2.75, 3.05) is 5.32 Å². The summed E-state index contributed by atoms with van der Waals surface area (Å²) in [7, 11) is 0. The van der Waals surface area contributed by atoms with Crippen molar-refractivity contribution in [2.45, 2.75) is 25.6 Å². The summed E-state index contributed by atoms with van der Waals surface area (Å²) in [6.45, 7) is 1.44. The standard InChI is InChI=1S/C11H11F4NO2/c1-6(4-10(17)18)16-9-5-7(11(13,14)15)2-3-8(9)12/h2-3,5-6,16H,4H2,1H3,(H,17,18). The minimum absolute atomic E-state index is 0.324. The largest absolute Gasteiger partial charge is 0.481 e. The number of hydrogen-bond donors (Lipinski definition) is 2. The van der Waals surface area contributed by atoms with Gasteiger partial charge >= 0.3 is 12.1 Å². The SMILES string of the molecule is CC(CC(=O)O)Nc1cc(C(F)(F)F)ccc1F. The topological polar surface area (TPSA) is 49.3 Å². The Morgan fingerprint density at radius 3 is 2.56 bits per heavy atom. The van der Waals surface area contributed by atoms with E-state index in [1.807, 2.05) is 0 Å². The summed E-state index contributed by atoms with van der Waals surface area (Å²) in [4.78, 5) is 10.4. The van der Waals surface area contributed by atoms with E-state index in [2.05, 4.69) is 5.32 Å². The molecule has 0 heterocycles. The van der Waals surface area contributed by atoms with Crippen molar-refractivity contribution in [1.82, 2.24) is 0 Å². The van der Waals surface area contributed by atoms with E-state index in [9.17, 15) is 22.4 Å². The van der Waals surface area contributed by atoms with Gasteiger partial charge in [-0.1, -0.05) is 0 Å². The third-order valence-corrected chi connectivity index (χ3v) is 2.18. The molecule has 100 valence electrons. The monoisotopic (exact) mass is 265 g/mol. The first kappa shape index (κ1) is 14.3. The van der Waals surface area contributed by atoms with Crippen LogP contribution in [0.25, 0.3) is 0 Å².